The second-order valence-corrected chi connectivity index (χ2v) is 7.64. The number of nitrogens with zero attached hydrogens (tertiary/aromatic N) is 3. The van der Waals surface area contributed by atoms with E-state index in [4.69, 9.17) is 16.3 Å². The van der Waals surface area contributed by atoms with Crippen molar-refractivity contribution in [1.82, 2.24) is 14.8 Å². The Morgan fingerprint density at radius 3 is 2.55 bits per heavy atom. The average molecular weight is 390 g/mol. The number of nitrogens with two attached hydrogens (primary N) is 2. The molecule has 0 saturated carbocycles. The van der Waals surface area contributed by atoms with Gasteiger partial charge in [0.15, 0.2) is 0 Å². The Labute approximate surface area is 171 Å². The molecule has 0 amide bonds. The summed E-state index contributed by atoms with van der Waals surface area (Å²) in [5.74, 6) is 7.20. The fraction of sp³-hybridized carbons (Fsp3) is 0.261. The van der Waals surface area contributed by atoms with Crippen LogP contribution in [-0.2, 0) is 7.05 Å². The maximum atomic E-state index is 6.42. The van der Waals surface area contributed by atoms with Crippen molar-refractivity contribution in [2.75, 3.05) is 6.54 Å². The second kappa shape index (κ2) is 7.64. The summed E-state index contributed by atoms with van der Waals surface area (Å²) in [6.07, 6.45) is 4.50. The number of rotatable bonds is 3. The molecule has 1 aromatic heterocycles. The zero-order chi connectivity index (χ0) is 20.5. The maximum absolute atomic E-state index is 6.42. The van der Waals surface area contributed by atoms with Crippen LogP contribution in [0.3, 0.4) is 0 Å². The van der Waals surface area contributed by atoms with Crippen LogP contribution in [0.1, 0.15) is 36.1 Å². The van der Waals surface area contributed by atoms with Gasteiger partial charge in [0.05, 0.1) is 11.9 Å². The number of hydrogen-bond donors (Lipinski definition) is 2. The van der Waals surface area contributed by atoms with Crippen molar-refractivity contribution in [3.8, 4) is 16.9 Å². The third-order valence-corrected chi connectivity index (χ3v) is 5.28. The molecule has 0 bridgehead atoms. The van der Waals surface area contributed by atoms with Crippen molar-refractivity contribution in [3.05, 3.63) is 77.2 Å². The first-order valence-electron chi connectivity index (χ1n) is 9.77. The number of fused-ring (bicyclic) bond motifs is 1. The number of benzene rings is 2. The van der Waals surface area contributed by atoms with Crippen molar-refractivity contribution in [1.29, 1.82) is 0 Å². The number of ether oxygens (including phenoxy) is 1. The molecule has 2 aromatic carbocycles. The molecule has 0 spiro atoms. The van der Waals surface area contributed by atoms with E-state index in [0.29, 0.717) is 12.2 Å². The standard InChI is InChI=1S/C23H27N5O/c1-15-4-7-19(8-5-15)29-22-10-11-28(25)23(16(2)24)20-9-6-17(12-21(20)22)18-13-26-27(3)14-18/h4-9,12-14,22H,10-11,24-25H2,1-3H3/b23-16-. The van der Waals surface area contributed by atoms with Crippen molar-refractivity contribution >= 4 is 5.70 Å². The smallest absolute Gasteiger partial charge is 0.126 e. The van der Waals surface area contributed by atoms with Crippen molar-refractivity contribution < 1.29 is 4.74 Å². The molecule has 1 aliphatic rings. The van der Waals surface area contributed by atoms with Gasteiger partial charge in [0.25, 0.3) is 0 Å². The minimum Gasteiger partial charge on any atom is -0.486 e. The third kappa shape index (κ3) is 3.84. The van der Waals surface area contributed by atoms with E-state index in [9.17, 15) is 0 Å². The molecule has 1 atom stereocenters. The number of hydrogen-bond acceptors (Lipinski definition) is 5. The van der Waals surface area contributed by atoms with Gasteiger partial charge in [0, 0.05) is 48.6 Å². The van der Waals surface area contributed by atoms with Crippen LogP contribution in [-0.4, -0.2) is 21.3 Å². The number of aryl methyl sites for hydroxylation is 2. The van der Waals surface area contributed by atoms with Crippen molar-refractivity contribution in [3.63, 3.8) is 0 Å². The Hall–Kier alpha value is -3.25. The van der Waals surface area contributed by atoms with E-state index in [1.54, 1.807) is 9.69 Å². The van der Waals surface area contributed by atoms with E-state index in [1.807, 2.05) is 38.5 Å². The molecule has 3 aromatic rings. The highest BCUT2D eigenvalue weighted by molar-refractivity contribution is 5.74. The van der Waals surface area contributed by atoms with Crippen LogP contribution >= 0.6 is 0 Å². The zero-order valence-corrected chi connectivity index (χ0v) is 17.1. The Morgan fingerprint density at radius 1 is 1.14 bits per heavy atom. The highest BCUT2D eigenvalue weighted by Crippen LogP contribution is 2.38. The van der Waals surface area contributed by atoms with Crippen molar-refractivity contribution in [2.45, 2.75) is 26.4 Å². The summed E-state index contributed by atoms with van der Waals surface area (Å²) in [6.45, 7) is 4.60. The van der Waals surface area contributed by atoms with E-state index in [2.05, 4.69) is 42.4 Å². The topological polar surface area (TPSA) is 82.3 Å². The van der Waals surface area contributed by atoms with Crippen LogP contribution in [0.15, 0.2) is 60.6 Å². The fourth-order valence-corrected chi connectivity index (χ4v) is 3.82. The molecule has 0 fully saturated rings. The van der Waals surface area contributed by atoms with E-state index in [0.717, 1.165) is 40.1 Å². The van der Waals surface area contributed by atoms with E-state index in [1.165, 1.54) is 5.56 Å². The molecule has 0 radical (unpaired) electrons. The number of allylic oxidation sites excluding steroid dienone is 1. The van der Waals surface area contributed by atoms with E-state index < -0.39 is 0 Å². The van der Waals surface area contributed by atoms with Gasteiger partial charge in [-0.05, 0) is 37.6 Å². The highest BCUT2D eigenvalue weighted by Gasteiger charge is 2.27. The van der Waals surface area contributed by atoms with Gasteiger partial charge < -0.3 is 15.5 Å². The molecule has 6 nitrogen and oxygen atoms in total. The molecule has 150 valence electrons. The molecule has 0 saturated heterocycles. The van der Waals surface area contributed by atoms with Crippen LogP contribution in [0, 0.1) is 6.92 Å². The molecular formula is C23H27N5O. The van der Waals surface area contributed by atoms with Gasteiger partial charge in [-0.15, -0.1) is 0 Å². The van der Waals surface area contributed by atoms with E-state index in [-0.39, 0.29) is 6.10 Å². The Kier molecular flexibility index (Phi) is 5.03. The first kappa shape index (κ1) is 19.1. The minimum atomic E-state index is -0.132. The van der Waals surface area contributed by atoms with Crippen LogP contribution in [0.2, 0.25) is 0 Å². The van der Waals surface area contributed by atoms with Gasteiger partial charge in [-0.2, -0.15) is 5.10 Å². The van der Waals surface area contributed by atoms with Crippen LogP contribution in [0.25, 0.3) is 16.8 Å². The van der Waals surface area contributed by atoms with Gasteiger partial charge in [-0.3, -0.25) is 4.68 Å². The monoisotopic (exact) mass is 389 g/mol. The summed E-state index contributed by atoms with van der Waals surface area (Å²) >= 11 is 0. The lowest BCUT2D eigenvalue weighted by molar-refractivity contribution is 0.185. The van der Waals surface area contributed by atoms with Gasteiger partial charge >= 0.3 is 0 Å². The molecule has 4 N–H and O–H groups in total. The highest BCUT2D eigenvalue weighted by atomic mass is 16.5. The fourth-order valence-electron chi connectivity index (χ4n) is 3.82. The summed E-state index contributed by atoms with van der Waals surface area (Å²) < 4.78 is 8.23. The van der Waals surface area contributed by atoms with Crippen LogP contribution in [0.4, 0.5) is 0 Å². The predicted octanol–water partition coefficient (Wildman–Crippen LogP) is 3.74. The predicted molar refractivity (Wildman–Crippen MR) is 115 cm³/mol. The van der Waals surface area contributed by atoms with Gasteiger partial charge in [0.2, 0.25) is 0 Å². The number of aromatic nitrogens is 2. The molecule has 2 heterocycles. The van der Waals surface area contributed by atoms with Crippen LogP contribution in [0.5, 0.6) is 5.75 Å². The van der Waals surface area contributed by atoms with Crippen molar-refractivity contribution in [2.24, 2.45) is 18.6 Å². The first-order valence-corrected chi connectivity index (χ1v) is 9.77. The lowest BCUT2D eigenvalue weighted by Crippen LogP contribution is -2.31. The molecule has 6 heteroatoms. The Morgan fingerprint density at radius 2 is 1.90 bits per heavy atom. The Balaban J connectivity index is 1.82. The Bertz CT molecular complexity index is 1050. The van der Waals surface area contributed by atoms with E-state index >= 15 is 0 Å². The van der Waals surface area contributed by atoms with Crippen LogP contribution < -0.4 is 16.3 Å². The first-order chi connectivity index (χ1) is 13.9. The third-order valence-electron chi connectivity index (χ3n) is 5.28. The largest absolute Gasteiger partial charge is 0.486 e. The summed E-state index contributed by atoms with van der Waals surface area (Å²) in [4.78, 5) is 0. The number of hydrazine groups is 1. The minimum absolute atomic E-state index is 0.132. The average Bonchev–Trinajstić information content (AvgIpc) is 3.07. The summed E-state index contributed by atoms with van der Waals surface area (Å²) in [5, 5.41) is 6.03. The molecule has 4 rings (SSSR count). The normalized spacial score (nSPS) is 18.2. The molecule has 1 aliphatic heterocycles. The molecule has 1 unspecified atom stereocenters. The van der Waals surface area contributed by atoms with Gasteiger partial charge in [0.1, 0.15) is 11.9 Å². The summed E-state index contributed by atoms with van der Waals surface area (Å²) in [5.41, 5.74) is 13.2. The lowest BCUT2D eigenvalue weighted by Gasteiger charge is -2.22. The lowest BCUT2D eigenvalue weighted by atomic mass is 9.94. The van der Waals surface area contributed by atoms with Gasteiger partial charge in [-0.1, -0.05) is 29.8 Å². The SMILES string of the molecule is C/C(N)=C1\c2ccc(-c3cnn(C)c3)cc2C(Oc2ccc(C)cc2)CCN1N. The molecular weight excluding hydrogens is 362 g/mol. The molecule has 0 aliphatic carbocycles. The van der Waals surface area contributed by atoms with Gasteiger partial charge in [-0.25, -0.2) is 5.84 Å². The summed E-state index contributed by atoms with van der Waals surface area (Å²) in [6, 6.07) is 14.5. The quantitative estimate of drug-likeness (QED) is 0.667. The second-order valence-electron chi connectivity index (χ2n) is 7.64. The summed E-state index contributed by atoms with van der Waals surface area (Å²) in [7, 11) is 1.92. The zero-order valence-electron chi connectivity index (χ0n) is 17.1. The molecule has 29 heavy (non-hydrogen) atoms. The maximum Gasteiger partial charge on any atom is 0.126 e.